The molecule has 3 aliphatic rings. The summed E-state index contributed by atoms with van der Waals surface area (Å²) in [6.07, 6.45) is 0.207. The first-order chi connectivity index (χ1) is 18.4. The molecule has 0 saturated heterocycles. The van der Waals surface area contributed by atoms with Crippen LogP contribution < -0.4 is 10.6 Å². The zero-order chi connectivity index (χ0) is 30.1. The summed E-state index contributed by atoms with van der Waals surface area (Å²) in [5, 5.41) is 45.5. The van der Waals surface area contributed by atoms with Crippen molar-refractivity contribution in [1.29, 1.82) is 0 Å². The first-order valence-electron chi connectivity index (χ1n) is 12.9. The minimum Gasteiger partial charge on any atom is -0.508 e. The molecule has 218 valence electrons. The van der Waals surface area contributed by atoms with Crippen LogP contribution in [-0.4, -0.2) is 88.2 Å². The predicted octanol–water partition coefficient (Wildman–Crippen LogP) is 1.28. The molecule has 0 bridgehead atoms. The fourth-order valence-electron chi connectivity index (χ4n) is 6.12. The van der Waals surface area contributed by atoms with Crippen molar-refractivity contribution in [3.63, 3.8) is 0 Å². The molecule has 6 N–H and O–H groups in total. The highest BCUT2D eigenvalue weighted by atomic mass is 17.2. The van der Waals surface area contributed by atoms with E-state index in [0.717, 1.165) is 0 Å². The van der Waals surface area contributed by atoms with E-state index in [4.69, 9.17) is 15.5 Å². The van der Waals surface area contributed by atoms with Crippen molar-refractivity contribution in [3.8, 4) is 5.75 Å². The van der Waals surface area contributed by atoms with Crippen molar-refractivity contribution in [2.24, 2.45) is 17.6 Å². The number of amides is 1. The van der Waals surface area contributed by atoms with Crippen LogP contribution in [0.2, 0.25) is 0 Å². The Labute approximate surface area is 232 Å². The average Bonchev–Trinajstić information content (AvgIpc) is 2.81. The lowest BCUT2D eigenvalue weighted by Crippen LogP contribution is -2.65. The molecule has 4 unspecified atom stereocenters. The number of fused-ring (bicyclic) bond motifs is 3. The van der Waals surface area contributed by atoms with Crippen molar-refractivity contribution >= 4 is 28.9 Å². The van der Waals surface area contributed by atoms with Gasteiger partial charge in [-0.3, -0.25) is 19.3 Å². The number of benzene rings is 1. The molecule has 1 fully saturated rings. The lowest BCUT2D eigenvalue weighted by Gasteiger charge is -2.50. The summed E-state index contributed by atoms with van der Waals surface area (Å²) in [5.41, 5.74) is 2.50. The number of nitrogens with zero attached hydrogens (tertiary/aromatic N) is 2. The molecule has 3 aliphatic carbocycles. The van der Waals surface area contributed by atoms with Crippen LogP contribution in [0.4, 0.5) is 5.69 Å². The van der Waals surface area contributed by atoms with Gasteiger partial charge in [0.25, 0.3) is 5.91 Å². The first kappa shape index (κ1) is 29.5. The van der Waals surface area contributed by atoms with Crippen LogP contribution in [0.5, 0.6) is 5.75 Å². The maximum atomic E-state index is 14.0. The molecule has 0 aliphatic heterocycles. The fourth-order valence-corrected chi connectivity index (χ4v) is 6.12. The zero-order valence-corrected chi connectivity index (χ0v) is 23.7. The highest BCUT2D eigenvalue weighted by molar-refractivity contribution is 6.24. The van der Waals surface area contributed by atoms with Crippen LogP contribution in [0, 0.1) is 11.8 Å². The molecular weight excluding hydrogens is 522 g/mol. The van der Waals surface area contributed by atoms with E-state index in [2.05, 4.69) is 0 Å². The Balaban J connectivity index is 1.91. The fraction of sp³-hybridized carbons (Fsp3) is 0.536. The Morgan fingerprint density at radius 1 is 1.15 bits per heavy atom. The van der Waals surface area contributed by atoms with Crippen molar-refractivity contribution in [2.75, 3.05) is 33.1 Å². The molecule has 1 saturated carbocycles. The maximum absolute atomic E-state index is 14.0. The number of primary amides is 1. The predicted molar refractivity (Wildman–Crippen MR) is 144 cm³/mol. The van der Waals surface area contributed by atoms with Gasteiger partial charge in [-0.15, -0.1) is 0 Å². The van der Waals surface area contributed by atoms with E-state index in [9.17, 15) is 34.8 Å². The number of hydrogen-bond donors (Lipinski definition) is 5. The Morgan fingerprint density at radius 3 is 2.30 bits per heavy atom. The lowest BCUT2D eigenvalue weighted by molar-refractivity contribution is -0.356. The number of carbonyl (C=O) groups excluding carboxylic acids is 3. The van der Waals surface area contributed by atoms with E-state index < -0.39 is 63.6 Å². The van der Waals surface area contributed by atoms with Gasteiger partial charge < -0.3 is 31.1 Å². The van der Waals surface area contributed by atoms with Crippen LogP contribution in [0.25, 0.3) is 5.76 Å². The zero-order valence-electron chi connectivity index (χ0n) is 23.7. The van der Waals surface area contributed by atoms with E-state index in [1.54, 1.807) is 59.9 Å². The SMILES string of the molecule is CN(C)c1cc(COOC(C)(C)C)c(O)c2c1CC1CC3C(N(C)C)C(=O)C(C(N)=O)=C(O)C3(O)C(=O)C1=C2O. The maximum Gasteiger partial charge on any atom is 0.255 e. The molecule has 1 amide bonds. The summed E-state index contributed by atoms with van der Waals surface area (Å²) in [7, 11) is 6.70. The number of rotatable bonds is 6. The van der Waals surface area contributed by atoms with Gasteiger partial charge in [0.05, 0.1) is 17.2 Å². The van der Waals surface area contributed by atoms with Crippen LogP contribution in [-0.2, 0) is 37.2 Å². The number of hydrogen-bond acceptors (Lipinski definition) is 11. The van der Waals surface area contributed by atoms with Gasteiger partial charge in [-0.2, -0.15) is 0 Å². The number of phenols is 1. The smallest absolute Gasteiger partial charge is 0.255 e. The summed E-state index contributed by atoms with van der Waals surface area (Å²) < 4.78 is 0. The minimum absolute atomic E-state index is 0.00292. The van der Waals surface area contributed by atoms with Gasteiger partial charge in [0.2, 0.25) is 5.78 Å². The molecular formula is C28H37N3O9. The van der Waals surface area contributed by atoms with Crippen LogP contribution in [0.1, 0.15) is 43.9 Å². The Bertz CT molecular complexity index is 1360. The second-order valence-electron chi connectivity index (χ2n) is 12.1. The van der Waals surface area contributed by atoms with E-state index in [1.807, 2.05) is 0 Å². The Morgan fingerprint density at radius 2 is 1.77 bits per heavy atom. The number of phenolic OH excluding ortho intramolecular Hbond substituents is 1. The van der Waals surface area contributed by atoms with Gasteiger partial charge in [-0.05, 0) is 65.3 Å². The van der Waals surface area contributed by atoms with Crippen LogP contribution in [0.3, 0.4) is 0 Å². The number of ketones is 2. The summed E-state index contributed by atoms with van der Waals surface area (Å²) in [5.74, 6) is -6.93. The average molecular weight is 560 g/mol. The summed E-state index contributed by atoms with van der Waals surface area (Å²) in [6, 6.07) is 0.571. The number of aromatic hydroxyl groups is 1. The van der Waals surface area contributed by atoms with Crippen molar-refractivity contribution in [2.45, 2.75) is 57.5 Å². The number of aliphatic hydroxyl groups excluding tert-OH is 2. The molecule has 4 rings (SSSR count). The van der Waals surface area contributed by atoms with Gasteiger partial charge in [0.15, 0.2) is 11.4 Å². The molecule has 12 heteroatoms. The van der Waals surface area contributed by atoms with Crippen molar-refractivity contribution in [1.82, 2.24) is 4.90 Å². The highest BCUT2D eigenvalue weighted by Crippen LogP contribution is 2.54. The third-order valence-corrected chi connectivity index (χ3v) is 7.78. The van der Waals surface area contributed by atoms with E-state index in [-0.39, 0.29) is 41.9 Å². The molecule has 0 heterocycles. The standard InChI is InChI=1S/C28H37N3O9/c1-27(2,3)40-39-11-13-10-16(30(4)5)14-8-12-9-15-20(31(6)7)23(34)19(26(29)37)25(36)28(15,38)24(35)17(12)22(33)18(14)21(13)32/h10,12,15,20,32-33,36,38H,8-9,11H2,1-7H3,(H2,29,37). The third kappa shape index (κ3) is 4.44. The first-order valence-corrected chi connectivity index (χ1v) is 12.9. The molecule has 4 atom stereocenters. The van der Waals surface area contributed by atoms with Gasteiger partial charge in [0, 0.05) is 36.8 Å². The second-order valence-corrected chi connectivity index (χ2v) is 12.1. The van der Waals surface area contributed by atoms with Crippen molar-refractivity contribution < 1.29 is 44.6 Å². The minimum atomic E-state index is -2.69. The molecule has 40 heavy (non-hydrogen) atoms. The quantitative estimate of drug-likeness (QED) is 0.192. The normalized spacial score (nSPS) is 26.6. The molecule has 1 aromatic carbocycles. The Kier molecular flexibility index (Phi) is 7.29. The van der Waals surface area contributed by atoms with Gasteiger partial charge in [-0.1, -0.05) is 0 Å². The summed E-state index contributed by atoms with van der Waals surface area (Å²) >= 11 is 0. The van der Waals surface area contributed by atoms with Crippen LogP contribution in [0.15, 0.2) is 23.0 Å². The summed E-state index contributed by atoms with van der Waals surface area (Å²) in [4.78, 5) is 53.3. The number of likely N-dealkylation sites (N-methyl/N-ethyl adjacent to an activating group) is 1. The highest BCUT2D eigenvalue weighted by Gasteiger charge is 2.64. The number of Topliss-reactive ketones (excluding diaryl/α,β-unsaturated/α-hetero) is 2. The number of anilines is 1. The molecule has 0 radical (unpaired) electrons. The second kappa shape index (κ2) is 9.88. The van der Waals surface area contributed by atoms with Gasteiger partial charge >= 0.3 is 0 Å². The molecule has 12 nitrogen and oxygen atoms in total. The Hall–Kier alpha value is -3.45. The van der Waals surface area contributed by atoms with E-state index in [1.165, 1.54) is 4.90 Å². The monoisotopic (exact) mass is 559 g/mol. The van der Waals surface area contributed by atoms with Crippen LogP contribution >= 0.6 is 0 Å². The number of carbonyl (C=O) groups is 3. The van der Waals surface area contributed by atoms with E-state index >= 15 is 0 Å². The van der Waals surface area contributed by atoms with Gasteiger partial charge in [-0.25, -0.2) is 9.78 Å². The molecule has 0 spiro atoms. The lowest BCUT2D eigenvalue weighted by atomic mass is 9.57. The molecule has 1 aromatic rings. The largest absolute Gasteiger partial charge is 0.508 e. The van der Waals surface area contributed by atoms with E-state index in [0.29, 0.717) is 11.3 Å². The summed E-state index contributed by atoms with van der Waals surface area (Å²) in [6.45, 7) is 5.21. The third-order valence-electron chi connectivity index (χ3n) is 7.78. The van der Waals surface area contributed by atoms with Crippen molar-refractivity contribution in [3.05, 3.63) is 39.7 Å². The van der Waals surface area contributed by atoms with Gasteiger partial charge in [0.1, 0.15) is 29.4 Å². The number of nitrogens with two attached hydrogens (primary N) is 1. The topological polar surface area (TPSA) is 183 Å². The molecule has 0 aromatic heterocycles. The number of aliphatic hydroxyl groups is 3.